The van der Waals surface area contributed by atoms with E-state index in [1.807, 2.05) is 0 Å². The van der Waals surface area contributed by atoms with E-state index in [4.69, 9.17) is 13.0 Å². The van der Waals surface area contributed by atoms with Crippen molar-refractivity contribution in [2.75, 3.05) is 6.26 Å². The zero-order valence-electron chi connectivity index (χ0n) is 9.10. The molecule has 0 aliphatic heterocycles. The molecule has 1 heterocycles. The highest BCUT2D eigenvalue weighted by atomic mass is 32.2. The Labute approximate surface area is 84.7 Å². The normalized spacial score (nSPS) is 10.7. The second-order valence-electron chi connectivity index (χ2n) is 3.21. The predicted molar refractivity (Wildman–Crippen MR) is 51.7 cm³/mol. The van der Waals surface area contributed by atoms with Crippen LogP contribution >= 0.6 is 0 Å². The fraction of sp³-hybridized carbons (Fsp3) is 0.625. The van der Waals surface area contributed by atoms with E-state index >= 15 is 0 Å². The molecule has 0 saturated carbocycles. The number of aromatic nitrogens is 2. The molecule has 0 fully saturated rings. The van der Waals surface area contributed by atoms with Crippen LogP contribution in [0.4, 0.5) is 0 Å². The van der Waals surface area contributed by atoms with E-state index in [1.54, 1.807) is 0 Å². The lowest BCUT2D eigenvalue weighted by molar-refractivity contribution is -0.677. The van der Waals surface area contributed by atoms with Gasteiger partial charge >= 0.3 is 0 Å². The SMILES string of the molecule is CS(=O)(=O)[O-].Cc1c(C)[n+](C)cn1C. The number of hydrogen-bond acceptors (Lipinski definition) is 3. The van der Waals surface area contributed by atoms with Gasteiger partial charge in [-0.25, -0.2) is 17.6 Å². The number of hydrogen-bond donors (Lipinski definition) is 0. The van der Waals surface area contributed by atoms with Gasteiger partial charge < -0.3 is 4.55 Å². The van der Waals surface area contributed by atoms with Crippen molar-refractivity contribution in [1.82, 2.24) is 4.57 Å². The second-order valence-corrected chi connectivity index (χ2v) is 4.62. The Hall–Kier alpha value is -0.880. The van der Waals surface area contributed by atoms with Gasteiger partial charge in [0.2, 0.25) is 6.33 Å². The van der Waals surface area contributed by atoms with Gasteiger partial charge in [0.15, 0.2) is 0 Å². The molecule has 6 heteroatoms. The molecule has 0 amide bonds. The topological polar surface area (TPSA) is 66.0 Å². The molecule has 0 saturated heterocycles. The van der Waals surface area contributed by atoms with Gasteiger partial charge in [-0.3, -0.25) is 0 Å². The smallest absolute Gasteiger partial charge is 0.243 e. The molecule has 1 aromatic rings. The first-order valence-corrected chi connectivity index (χ1v) is 5.83. The van der Waals surface area contributed by atoms with Crippen LogP contribution in [0.2, 0.25) is 0 Å². The lowest BCUT2D eigenvalue weighted by Gasteiger charge is -1.90. The fourth-order valence-electron chi connectivity index (χ4n) is 0.943. The second kappa shape index (κ2) is 4.56. The van der Waals surface area contributed by atoms with Crippen LogP contribution in [0.5, 0.6) is 0 Å². The minimum atomic E-state index is -3.92. The summed E-state index contributed by atoms with van der Waals surface area (Å²) in [6.45, 7) is 4.24. The first kappa shape index (κ1) is 13.1. The van der Waals surface area contributed by atoms with E-state index in [-0.39, 0.29) is 0 Å². The van der Waals surface area contributed by atoms with E-state index < -0.39 is 10.1 Å². The maximum absolute atomic E-state index is 9.08. The van der Waals surface area contributed by atoms with Crippen molar-refractivity contribution in [3.63, 3.8) is 0 Å². The maximum atomic E-state index is 9.08. The van der Waals surface area contributed by atoms with Crippen LogP contribution in [-0.4, -0.2) is 23.8 Å². The van der Waals surface area contributed by atoms with E-state index in [0.717, 1.165) is 0 Å². The molecule has 5 nitrogen and oxygen atoms in total. The predicted octanol–water partition coefficient (Wildman–Crippen LogP) is -0.372. The summed E-state index contributed by atoms with van der Waals surface area (Å²) < 4.78 is 31.5. The van der Waals surface area contributed by atoms with E-state index in [1.165, 1.54) is 11.4 Å². The van der Waals surface area contributed by atoms with Crippen LogP contribution in [-0.2, 0) is 24.2 Å². The Balaban J connectivity index is 0.000000292. The van der Waals surface area contributed by atoms with Gasteiger partial charge in [-0.1, -0.05) is 0 Å². The van der Waals surface area contributed by atoms with Crippen molar-refractivity contribution in [3.8, 4) is 0 Å². The van der Waals surface area contributed by atoms with Gasteiger partial charge in [-0.15, -0.1) is 0 Å². The summed E-state index contributed by atoms with van der Waals surface area (Å²) in [6, 6.07) is 0. The molecular formula is C8H16N2O3S. The van der Waals surface area contributed by atoms with Crippen LogP contribution in [0, 0.1) is 13.8 Å². The van der Waals surface area contributed by atoms with Crippen LogP contribution in [0.3, 0.4) is 0 Å². The molecule has 0 atom stereocenters. The Morgan fingerprint density at radius 3 is 1.86 bits per heavy atom. The van der Waals surface area contributed by atoms with Crippen LogP contribution in [0.25, 0.3) is 0 Å². The minimum Gasteiger partial charge on any atom is -0.748 e. The van der Waals surface area contributed by atoms with Crippen LogP contribution in [0.1, 0.15) is 11.4 Å². The number of aryl methyl sites for hydroxylation is 2. The van der Waals surface area contributed by atoms with Crippen molar-refractivity contribution in [1.29, 1.82) is 0 Å². The van der Waals surface area contributed by atoms with Gasteiger partial charge in [-0.05, 0) is 0 Å². The highest BCUT2D eigenvalue weighted by molar-refractivity contribution is 7.84. The molecule has 0 aromatic carbocycles. The summed E-state index contributed by atoms with van der Waals surface area (Å²) in [5.41, 5.74) is 2.66. The Morgan fingerprint density at radius 1 is 1.43 bits per heavy atom. The van der Waals surface area contributed by atoms with Crippen LogP contribution in [0.15, 0.2) is 6.33 Å². The average molecular weight is 220 g/mol. The minimum absolute atomic E-state index is 0.604. The van der Waals surface area contributed by atoms with Crippen molar-refractivity contribution >= 4 is 10.1 Å². The Kier molecular flexibility index (Phi) is 4.28. The highest BCUT2D eigenvalue weighted by Gasteiger charge is 2.07. The van der Waals surface area contributed by atoms with Crippen molar-refractivity contribution < 1.29 is 17.5 Å². The van der Waals surface area contributed by atoms with Gasteiger partial charge in [0.1, 0.15) is 11.4 Å². The van der Waals surface area contributed by atoms with Crippen molar-refractivity contribution in [2.45, 2.75) is 13.8 Å². The van der Waals surface area contributed by atoms with Crippen LogP contribution < -0.4 is 4.57 Å². The first-order chi connectivity index (χ1) is 6.13. The number of rotatable bonds is 0. The number of imidazole rings is 1. The maximum Gasteiger partial charge on any atom is 0.243 e. The monoisotopic (exact) mass is 220 g/mol. The number of nitrogens with zero attached hydrogens (tertiary/aromatic N) is 2. The summed E-state index contributed by atoms with van der Waals surface area (Å²) in [5.74, 6) is 0. The molecule has 1 aromatic heterocycles. The zero-order valence-corrected chi connectivity index (χ0v) is 9.92. The largest absolute Gasteiger partial charge is 0.748 e. The zero-order chi connectivity index (χ0) is 11.5. The Bertz CT molecular complexity index is 376. The van der Waals surface area contributed by atoms with Gasteiger partial charge in [-0.2, -0.15) is 0 Å². The molecule has 0 bridgehead atoms. The third-order valence-corrected chi connectivity index (χ3v) is 1.93. The molecule has 14 heavy (non-hydrogen) atoms. The molecule has 0 radical (unpaired) electrons. The van der Waals surface area contributed by atoms with E-state index in [9.17, 15) is 0 Å². The van der Waals surface area contributed by atoms with Gasteiger partial charge in [0.25, 0.3) is 0 Å². The Morgan fingerprint density at radius 2 is 1.79 bits per heavy atom. The van der Waals surface area contributed by atoms with Crippen molar-refractivity contribution in [3.05, 3.63) is 17.7 Å². The molecular weight excluding hydrogens is 204 g/mol. The summed E-state index contributed by atoms with van der Waals surface area (Å²) in [6.07, 6.45) is 2.68. The third-order valence-electron chi connectivity index (χ3n) is 1.93. The summed E-state index contributed by atoms with van der Waals surface area (Å²) >= 11 is 0. The molecule has 0 unspecified atom stereocenters. The van der Waals surface area contributed by atoms with E-state index in [0.29, 0.717) is 6.26 Å². The quantitative estimate of drug-likeness (QED) is 0.442. The molecule has 0 aliphatic carbocycles. The molecule has 1 rings (SSSR count). The first-order valence-electron chi connectivity index (χ1n) is 4.02. The summed E-state index contributed by atoms with van der Waals surface area (Å²) in [5, 5.41) is 0. The fourth-order valence-corrected chi connectivity index (χ4v) is 0.943. The molecule has 82 valence electrons. The lowest BCUT2D eigenvalue weighted by Crippen LogP contribution is -2.28. The molecule has 0 N–H and O–H groups in total. The third kappa shape index (κ3) is 4.98. The molecule has 0 spiro atoms. The highest BCUT2D eigenvalue weighted by Crippen LogP contribution is 1.97. The summed E-state index contributed by atoms with van der Waals surface area (Å²) in [7, 11) is 0.199. The van der Waals surface area contributed by atoms with Gasteiger partial charge in [0, 0.05) is 20.1 Å². The average Bonchev–Trinajstić information content (AvgIpc) is 2.14. The van der Waals surface area contributed by atoms with Gasteiger partial charge in [0.05, 0.1) is 24.2 Å². The standard InChI is InChI=1S/C7H13N2.CH4O3S/c1-6-7(2)9(4)5-8(6)3;1-5(2,3)4/h5H,1-4H3;1H3,(H,2,3,4)/q+1;/p-1. The van der Waals surface area contributed by atoms with Crippen molar-refractivity contribution in [2.24, 2.45) is 14.1 Å². The van der Waals surface area contributed by atoms with E-state index in [2.05, 4.69) is 43.4 Å². The lowest BCUT2D eigenvalue weighted by atomic mass is 10.4. The molecule has 0 aliphatic rings. The summed E-state index contributed by atoms with van der Waals surface area (Å²) in [4.78, 5) is 0.